The van der Waals surface area contributed by atoms with Gasteiger partial charge in [-0.15, -0.1) is 0 Å². The Morgan fingerprint density at radius 2 is 1.67 bits per heavy atom. The van der Waals surface area contributed by atoms with E-state index in [0.29, 0.717) is 25.7 Å². The lowest BCUT2D eigenvalue weighted by molar-refractivity contribution is -0.122. The number of sulfonamides is 1. The number of carbonyl (C=O) groups is 1. The van der Waals surface area contributed by atoms with Crippen molar-refractivity contribution in [3.8, 4) is 0 Å². The molecule has 9 heteroatoms. The first-order valence-corrected chi connectivity index (χ1v) is 11.3. The first-order valence-electron chi connectivity index (χ1n) is 9.84. The van der Waals surface area contributed by atoms with E-state index >= 15 is 0 Å². The third-order valence-electron chi connectivity index (χ3n) is 5.03. The molecule has 0 radical (unpaired) electrons. The highest BCUT2D eigenvalue weighted by molar-refractivity contribution is 7.89. The first kappa shape index (κ1) is 22.3. The number of nitrogens with one attached hydrogen (secondary N) is 1. The second kappa shape index (κ2) is 10.1. The summed E-state index contributed by atoms with van der Waals surface area (Å²) in [5.41, 5.74) is 1.23. The van der Waals surface area contributed by atoms with Gasteiger partial charge in [0.2, 0.25) is 15.9 Å². The first-order chi connectivity index (χ1) is 14.4. The summed E-state index contributed by atoms with van der Waals surface area (Å²) >= 11 is 0. The summed E-state index contributed by atoms with van der Waals surface area (Å²) in [5.74, 6) is -2.38. The van der Waals surface area contributed by atoms with Crippen LogP contribution in [0, 0.1) is 11.6 Å². The molecule has 3 rings (SSSR count). The van der Waals surface area contributed by atoms with Crippen molar-refractivity contribution in [2.45, 2.75) is 17.7 Å². The number of piperazine rings is 1. The molecule has 1 aliphatic rings. The standard InChI is InChI=1S/C21H25F2N3O3S/c22-19-9-8-18(15-20(19)23)30(28,29)26-13-11-25(12-14-26)16-21(27)24-10-4-7-17-5-2-1-3-6-17/h1-3,5-6,8-9,15H,4,7,10-14,16H2,(H,24,27). The number of carbonyl (C=O) groups excluding carboxylic acids is 1. The summed E-state index contributed by atoms with van der Waals surface area (Å²) in [6.07, 6.45) is 1.73. The fourth-order valence-electron chi connectivity index (χ4n) is 3.34. The van der Waals surface area contributed by atoms with E-state index < -0.39 is 21.7 Å². The lowest BCUT2D eigenvalue weighted by Crippen LogP contribution is -2.51. The largest absolute Gasteiger partial charge is 0.355 e. The molecule has 1 N–H and O–H groups in total. The van der Waals surface area contributed by atoms with Gasteiger partial charge >= 0.3 is 0 Å². The normalized spacial score (nSPS) is 15.8. The highest BCUT2D eigenvalue weighted by Crippen LogP contribution is 2.19. The summed E-state index contributed by atoms with van der Waals surface area (Å²) in [7, 11) is -3.90. The van der Waals surface area contributed by atoms with Gasteiger partial charge in [0, 0.05) is 32.7 Å². The summed E-state index contributed by atoms with van der Waals surface area (Å²) in [6, 6.07) is 12.6. The van der Waals surface area contributed by atoms with E-state index in [1.165, 1.54) is 9.87 Å². The van der Waals surface area contributed by atoms with E-state index in [-0.39, 0.29) is 30.4 Å². The molecule has 0 unspecified atom stereocenters. The predicted molar refractivity (Wildman–Crippen MR) is 109 cm³/mol. The van der Waals surface area contributed by atoms with E-state index in [2.05, 4.69) is 17.4 Å². The minimum atomic E-state index is -3.90. The van der Waals surface area contributed by atoms with Gasteiger partial charge in [0.1, 0.15) is 0 Å². The summed E-state index contributed by atoms with van der Waals surface area (Å²) in [4.78, 5) is 13.7. The molecule has 0 aromatic heterocycles. The molecule has 6 nitrogen and oxygen atoms in total. The lowest BCUT2D eigenvalue weighted by atomic mass is 10.1. The van der Waals surface area contributed by atoms with Crippen LogP contribution in [0.2, 0.25) is 0 Å². The molecule has 1 saturated heterocycles. The van der Waals surface area contributed by atoms with Crippen molar-refractivity contribution >= 4 is 15.9 Å². The number of rotatable bonds is 8. The van der Waals surface area contributed by atoms with Gasteiger partial charge in [-0.2, -0.15) is 4.31 Å². The number of aryl methyl sites for hydroxylation is 1. The zero-order valence-corrected chi connectivity index (χ0v) is 17.4. The molecule has 2 aromatic rings. The molecule has 0 bridgehead atoms. The smallest absolute Gasteiger partial charge is 0.243 e. The van der Waals surface area contributed by atoms with E-state index in [1.54, 1.807) is 0 Å². The van der Waals surface area contributed by atoms with Crippen LogP contribution in [0.25, 0.3) is 0 Å². The number of amides is 1. The zero-order valence-electron chi connectivity index (χ0n) is 16.6. The van der Waals surface area contributed by atoms with Crippen LogP contribution in [0.5, 0.6) is 0 Å². The molecule has 0 aliphatic carbocycles. The molecule has 0 saturated carbocycles. The van der Waals surface area contributed by atoms with Crippen molar-refractivity contribution in [2.75, 3.05) is 39.3 Å². The zero-order chi connectivity index (χ0) is 21.6. The molecule has 162 valence electrons. The fourth-order valence-corrected chi connectivity index (χ4v) is 4.77. The molecule has 2 aromatic carbocycles. The van der Waals surface area contributed by atoms with Crippen LogP contribution in [0.4, 0.5) is 8.78 Å². The summed E-state index contributed by atoms with van der Waals surface area (Å²) in [6.45, 7) is 1.93. The minimum Gasteiger partial charge on any atom is -0.355 e. The summed E-state index contributed by atoms with van der Waals surface area (Å²) < 4.78 is 52.9. The maximum atomic E-state index is 13.4. The Kier molecular flexibility index (Phi) is 7.52. The number of halogens is 2. The van der Waals surface area contributed by atoms with E-state index in [0.717, 1.165) is 25.0 Å². The van der Waals surface area contributed by atoms with Crippen molar-refractivity contribution in [3.63, 3.8) is 0 Å². The minimum absolute atomic E-state index is 0.0972. The number of nitrogens with zero attached hydrogens (tertiary/aromatic N) is 2. The van der Waals surface area contributed by atoms with Crippen molar-refractivity contribution in [3.05, 3.63) is 65.7 Å². The van der Waals surface area contributed by atoms with Crippen molar-refractivity contribution in [2.24, 2.45) is 0 Å². The SMILES string of the molecule is O=C(CN1CCN(S(=O)(=O)c2ccc(F)c(F)c2)CC1)NCCCc1ccccc1. The third-order valence-corrected chi connectivity index (χ3v) is 6.93. The van der Waals surface area contributed by atoms with Crippen molar-refractivity contribution in [1.82, 2.24) is 14.5 Å². The fraction of sp³-hybridized carbons (Fsp3) is 0.381. The van der Waals surface area contributed by atoms with Crippen molar-refractivity contribution < 1.29 is 22.0 Å². The second-order valence-electron chi connectivity index (χ2n) is 7.20. The van der Waals surface area contributed by atoms with Gasteiger partial charge in [-0.25, -0.2) is 17.2 Å². The predicted octanol–water partition coefficient (Wildman–Crippen LogP) is 2.02. The van der Waals surface area contributed by atoms with Crippen LogP contribution in [-0.4, -0.2) is 62.8 Å². The second-order valence-corrected chi connectivity index (χ2v) is 9.13. The summed E-state index contributed by atoms with van der Waals surface area (Å²) in [5, 5.41) is 2.89. The molecule has 0 atom stereocenters. The van der Waals surface area contributed by atoms with Gasteiger partial charge in [0.05, 0.1) is 11.4 Å². The maximum Gasteiger partial charge on any atom is 0.243 e. The van der Waals surface area contributed by atoms with Crippen LogP contribution in [-0.2, 0) is 21.2 Å². The van der Waals surface area contributed by atoms with Crippen LogP contribution in [0.3, 0.4) is 0 Å². The Morgan fingerprint density at radius 1 is 0.967 bits per heavy atom. The third kappa shape index (κ3) is 5.84. The Hall–Kier alpha value is -2.36. The molecule has 0 spiro atoms. The maximum absolute atomic E-state index is 13.4. The average molecular weight is 438 g/mol. The van der Waals surface area contributed by atoms with Gasteiger partial charge < -0.3 is 5.32 Å². The molecule has 30 heavy (non-hydrogen) atoms. The van der Waals surface area contributed by atoms with Crippen LogP contribution in [0.15, 0.2) is 53.4 Å². The van der Waals surface area contributed by atoms with Gasteiger partial charge in [-0.1, -0.05) is 30.3 Å². The van der Waals surface area contributed by atoms with Crippen LogP contribution >= 0.6 is 0 Å². The lowest BCUT2D eigenvalue weighted by Gasteiger charge is -2.33. The quantitative estimate of drug-likeness (QED) is 0.642. The number of hydrogen-bond acceptors (Lipinski definition) is 4. The Morgan fingerprint density at radius 3 is 2.33 bits per heavy atom. The highest BCUT2D eigenvalue weighted by atomic mass is 32.2. The average Bonchev–Trinajstić information content (AvgIpc) is 2.74. The van der Waals surface area contributed by atoms with Gasteiger partial charge in [0.15, 0.2) is 11.6 Å². The Bertz CT molecular complexity index is 963. The van der Waals surface area contributed by atoms with E-state index in [1.807, 2.05) is 23.1 Å². The van der Waals surface area contributed by atoms with E-state index in [9.17, 15) is 22.0 Å². The molecule has 1 fully saturated rings. The highest BCUT2D eigenvalue weighted by Gasteiger charge is 2.29. The molecule has 1 heterocycles. The topological polar surface area (TPSA) is 69.7 Å². The van der Waals surface area contributed by atoms with Crippen LogP contribution in [0.1, 0.15) is 12.0 Å². The Labute approximate surface area is 175 Å². The van der Waals surface area contributed by atoms with Crippen LogP contribution < -0.4 is 5.32 Å². The van der Waals surface area contributed by atoms with Gasteiger partial charge in [-0.3, -0.25) is 9.69 Å². The van der Waals surface area contributed by atoms with Gasteiger partial charge in [0.25, 0.3) is 0 Å². The molecular formula is C21H25F2N3O3S. The Balaban J connectivity index is 1.41. The number of hydrogen-bond donors (Lipinski definition) is 1. The molecule has 1 aliphatic heterocycles. The van der Waals surface area contributed by atoms with Gasteiger partial charge in [-0.05, 0) is 36.6 Å². The monoisotopic (exact) mass is 437 g/mol. The van der Waals surface area contributed by atoms with E-state index in [4.69, 9.17) is 0 Å². The molecular weight excluding hydrogens is 412 g/mol. The number of benzene rings is 2. The molecule has 1 amide bonds. The van der Waals surface area contributed by atoms with Crippen molar-refractivity contribution in [1.29, 1.82) is 0 Å².